The molecule has 1 atom stereocenters. The molecular formula is C16H14BrNO3S. The van der Waals surface area contributed by atoms with Gasteiger partial charge in [0.15, 0.2) is 6.04 Å². The molecule has 0 radical (unpaired) electrons. The van der Waals surface area contributed by atoms with Gasteiger partial charge in [-0.05, 0) is 41.6 Å². The molecule has 0 N–H and O–H groups in total. The second kappa shape index (κ2) is 6.22. The van der Waals surface area contributed by atoms with E-state index >= 15 is 0 Å². The summed E-state index contributed by atoms with van der Waals surface area (Å²) in [6.07, 6.45) is 0.764. The second-order valence-electron chi connectivity index (χ2n) is 4.98. The maximum atomic E-state index is 12.8. The van der Waals surface area contributed by atoms with Crippen molar-refractivity contribution in [3.63, 3.8) is 0 Å². The van der Waals surface area contributed by atoms with Crippen molar-refractivity contribution in [2.45, 2.75) is 12.5 Å². The molecule has 0 saturated heterocycles. The highest BCUT2D eigenvalue weighted by molar-refractivity contribution is 9.10. The summed E-state index contributed by atoms with van der Waals surface area (Å²) >= 11 is 4.99. The molecule has 114 valence electrons. The Morgan fingerprint density at radius 1 is 1.36 bits per heavy atom. The van der Waals surface area contributed by atoms with Crippen LogP contribution in [0.5, 0.6) is 0 Å². The van der Waals surface area contributed by atoms with E-state index in [1.807, 2.05) is 23.6 Å². The van der Waals surface area contributed by atoms with Crippen LogP contribution in [0.2, 0.25) is 0 Å². The molecule has 1 aliphatic heterocycles. The number of fused-ring (bicyclic) bond motifs is 1. The number of amides is 1. The van der Waals surface area contributed by atoms with Crippen LogP contribution in [-0.2, 0) is 16.0 Å². The zero-order chi connectivity index (χ0) is 15.7. The topological polar surface area (TPSA) is 46.6 Å². The summed E-state index contributed by atoms with van der Waals surface area (Å²) < 4.78 is 5.75. The van der Waals surface area contributed by atoms with E-state index in [1.165, 1.54) is 7.11 Å². The average Bonchev–Trinajstić information content (AvgIpc) is 3.01. The largest absolute Gasteiger partial charge is 0.467 e. The number of thiophene rings is 1. The molecule has 1 aliphatic rings. The first-order chi connectivity index (χ1) is 10.6. The highest BCUT2D eigenvalue weighted by atomic mass is 79.9. The van der Waals surface area contributed by atoms with Gasteiger partial charge >= 0.3 is 5.97 Å². The molecule has 1 unspecified atom stereocenters. The van der Waals surface area contributed by atoms with Crippen LogP contribution in [0.25, 0.3) is 0 Å². The molecular weight excluding hydrogens is 366 g/mol. The minimum Gasteiger partial charge on any atom is -0.467 e. The fourth-order valence-corrected chi connectivity index (χ4v) is 3.99. The Labute approximate surface area is 140 Å². The number of carbonyl (C=O) groups excluding carboxylic acids is 2. The number of hydrogen-bond acceptors (Lipinski definition) is 4. The zero-order valence-electron chi connectivity index (χ0n) is 11.9. The fourth-order valence-electron chi connectivity index (χ4n) is 2.69. The van der Waals surface area contributed by atoms with Gasteiger partial charge in [0.25, 0.3) is 5.91 Å². The van der Waals surface area contributed by atoms with Crippen molar-refractivity contribution in [3.05, 3.63) is 56.2 Å². The Morgan fingerprint density at radius 2 is 2.18 bits per heavy atom. The summed E-state index contributed by atoms with van der Waals surface area (Å²) in [4.78, 5) is 27.8. The van der Waals surface area contributed by atoms with Gasteiger partial charge in [-0.15, -0.1) is 11.3 Å². The summed E-state index contributed by atoms with van der Waals surface area (Å²) in [6, 6.07) is 8.44. The number of esters is 1. The summed E-state index contributed by atoms with van der Waals surface area (Å²) in [5, 5.41) is 1.95. The number of benzene rings is 1. The summed E-state index contributed by atoms with van der Waals surface area (Å²) in [7, 11) is 1.35. The van der Waals surface area contributed by atoms with E-state index in [0.29, 0.717) is 12.1 Å². The summed E-state index contributed by atoms with van der Waals surface area (Å²) in [5.41, 5.74) is 1.44. The quantitative estimate of drug-likeness (QED) is 0.750. The molecule has 3 rings (SSSR count). The van der Waals surface area contributed by atoms with Crippen LogP contribution in [-0.4, -0.2) is 30.4 Å². The molecule has 0 aliphatic carbocycles. The predicted octanol–water partition coefficient (Wildman–Crippen LogP) is 3.42. The Balaban J connectivity index is 1.98. The number of methoxy groups -OCH3 is 1. The molecule has 22 heavy (non-hydrogen) atoms. The Kier molecular flexibility index (Phi) is 4.31. The van der Waals surface area contributed by atoms with Crippen LogP contribution in [0.3, 0.4) is 0 Å². The number of halogens is 1. The third kappa shape index (κ3) is 2.68. The first-order valence-electron chi connectivity index (χ1n) is 6.82. The van der Waals surface area contributed by atoms with Crippen molar-refractivity contribution in [1.29, 1.82) is 0 Å². The van der Waals surface area contributed by atoms with Crippen LogP contribution < -0.4 is 0 Å². The molecule has 1 aromatic heterocycles. The normalized spacial score (nSPS) is 17.0. The molecule has 1 amide bonds. The van der Waals surface area contributed by atoms with Gasteiger partial charge in [-0.2, -0.15) is 0 Å². The molecule has 2 aromatic rings. The Hall–Kier alpha value is -1.66. The van der Waals surface area contributed by atoms with Gasteiger partial charge in [0, 0.05) is 21.5 Å². The lowest BCUT2D eigenvalue weighted by Gasteiger charge is -2.34. The predicted molar refractivity (Wildman–Crippen MR) is 88.0 cm³/mol. The van der Waals surface area contributed by atoms with Gasteiger partial charge in [0.1, 0.15) is 0 Å². The number of ether oxygens (including phenoxy) is 1. The molecule has 0 saturated carbocycles. The number of hydrogen-bond donors (Lipinski definition) is 0. The van der Waals surface area contributed by atoms with Gasteiger partial charge in [0.05, 0.1) is 7.11 Å². The monoisotopic (exact) mass is 379 g/mol. The van der Waals surface area contributed by atoms with E-state index in [-0.39, 0.29) is 5.91 Å². The SMILES string of the molecule is COC(=O)C1c2ccsc2CCN1C(=O)c1cccc(Br)c1. The zero-order valence-corrected chi connectivity index (χ0v) is 14.3. The van der Waals surface area contributed by atoms with Crippen LogP contribution >= 0.6 is 27.3 Å². The van der Waals surface area contributed by atoms with Crippen molar-refractivity contribution in [2.24, 2.45) is 0 Å². The molecule has 1 aromatic carbocycles. The van der Waals surface area contributed by atoms with Gasteiger partial charge < -0.3 is 9.64 Å². The molecule has 0 fully saturated rings. The van der Waals surface area contributed by atoms with E-state index in [0.717, 1.165) is 21.3 Å². The number of carbonyl (C=O) groups is 2. The third-order valence-electron chi connectivity index (χ3n) is 3.72. The maximum absolute atomic E-state index is 12.8. The van der Waals surface area contributed by atoms with Gasteiger partial charge in [0.2, 0.25) is 0 Å². The third-order valence-corrected chi connectivity index (χ3v) is 5.21. The minimum atomic E-state index is -0.661. The van der Waals surface area contributed by atoms with Crippen LogP contribution in [0.4, 0.5) is 0 Å². The maximum Gasteiger partial charge on any atom is 0.333 e. The van der Waals surface area contributed by atoms with E-state index in [9.17, 15) is 9.59 Å². The Bertz CT molecular complexity index is 728. The van der Waals surface area contributed by atoms with Gasteiger partial charge in [-0.1, -0.05) is 22.0 Å². The lowest BCUT2D eigenvalue weighted by Crippen LogP contribution is -2.43. The standard InChI is InChI=1S/C16H14BrNO3S/c1-21-16(20)14-12-6-8-22-13(12)5-7-18(14)15(19)10-3-2-4-11(17)9-10/h2-4,6,8-9,14H,5,7H2,1H3. The van der Waals surface area contributed by atoms with E-state index < -0.39 is 12.0 Å². The Morgan fingerprint density at radius 3 is 2.91 bits per heavy atom. The molecule has 0 bridgehead atoms. The average molecular weight is 380 g/mol. The molecule has 0 spiro atoms. The first kappa shape index (κ1) is 15.2. The van der Waals surface area contributed by atoms with Crippen LogP contribution in [0.15, 0.2) is 40.2 Å². The van der Waals surface area contributed by atoms with Crippen molar-refractivity contribution >= 4 is 39.1 Å². The van der Waals surface area contributed by atoms with Crippen molar-refractivity contribution < 1.29 is 14.3 Å². The fraction of sp³-hybridized carbons (Fsp3) is 0.250. The highest BCUT2D eigenvalue weighted by Crippen LogP contribution is 2.35. The van der Waals surface area contributed by atoms with Crippen molar-refractivity contribution in [3.8, 4) is 0 Å². The number of rotatable bonds is 2. The van der Waals surface area contributed by atoms with Crippen LogP contribution in [0.1, 0.15) is 26.8 Å². The van der Waals surface area contributed by atoms with Gasteiger partial charge in [-0.25, -0.2) is 4.79 Å². The minimum absolute atomic E-state index is 0.159. The highest BCUT2D eigenvalue weighted by Gasteiger charge is 2.37. The van der Waals surface area contributed by atoms with E-state index in [4.69, 9.17) is 4.74 Å². The lowest BCUT2D eigenvalue weighted by atomic mass is 9.99. The first-order valence-corrected chi connectivity index (χ1v) is 8.49. The number of nitrogens with zero attached hydrogens (tertiary/aromatic N) is 1. The summed E-state index contributed by atoms with van der Waals surface area (Å²) in [6.45, 7) is 0.513. The van der Waals surface area contributed by atoms with Crippen molar-refractivity contribution in [2.75, 3.05) is 13.7 Å². The van der Waals surface area contributed by atoms with E-state index in [2.05, 4.69) is 15.9 Å². The summed E-state index contributed by atoms with van der Waals surface area (Å²) in [5.74, 6) is -0.559. The molecule has 2 heterocycles. The molecule has 6 heteroatoms. The smallest absolute Gasteiger partial charge is 0.333 e. The van der Waals surface area contributed by atoms with Gasteiger partial charge in [-0.3, -0.25) is 4.79 Å². The molecule has 4 nitrogen and oxygen atoms in total. The van der Waals surface area contributed by atoms with Crippen molar-refractivity contribution in [1.82, 2.24) is 4.90 Å². The van der Waals surface area contributed by atoms with E-state index in [1.54, 1.807) is 28.4 Å². The van der Waals surface area contributed by atoms with Crippen LogP contribution in [0, 0.1) is 0 Å². The lowest BCUT2D eigenvalue weighted by molar-refractivity contribution is -0.146. The second-order valence-corrected chi connectivity index (χ2v) is 6.90.